The molecule has 5 nitrogen and oxygen atoms in total. The van der Waals surface area contributed by atoms with Crippen LogP contribution in [0.3, 0.4) is 0 Å². The minimum absolute atomic E-state index is 0.0627. The molecule has 2 amide bonds. The Balaban J connectivity index is 2.42. The number of thiocarbonyl (C=S) groups is 1. The van der Waals surface area contributed by atoms with Gasteiger partial charge in [-0.25, -0.2) is 0 Å². The zero-order valence-corrected chi connectivity index (χ0v) is 10.7. The number of rotatable bonds is 3. The summed E-state index contributed by atoms with van der Waals surface area (Å²) in [6, 6.07) is 0.160. The van der Waals surface area contributed by atoms with Crippen molar-refractivity contribution < 1.29 is 9.59 Å². The summed E-state index contributed by atoms with van der Waals surface area (Å²) in [5.41, 5.74) is 5.23. The smallest absolute Gasteiger partial charge is 0.311 e. The number of nitrogens with two attached hydrogens (primary N) is 1. The molecule has 3 N–H and O–H groups in total. The molecule has 0 aromatic heterocycles. The molecule has 1 aliphatic rings. The van der Waals surface area contributed by atoms with Crippen molar-refractivity contribution in [3.8, 4) is 0 Å². The summed E-state index contributed by atoms with van der Waals surface area (Å²) in [7, 11) is 1.65. The monoisotopic (exact) mass is 261 g/mol. The Kier molecular flexibility index (Phi) is 5.01. The lowest BCUT2D eigenvalue weighted by Gasteiger charge is -2.22. The lowest BCUT2D eigenvalue weighted by Crippen LogP contribution is -2.47. The van der Waals surface area contributed by atoms with Crippen LogP contribution in [0.1, 0.15) is 6.42 Å². The molecule has 16 heavy (non-hydrogen) atoms. The van der Waals surface area contributed by atoms with Gasteiger partial charge in [0.1, 0.15) is 0 Å². The van der Waals surface area contributed by atoms with Crippen LogP contribution in [0.5, 0.6) is 0 Å². The van der Waals surface area contributed by atoms with E-state index in [2.05, 4.69) is 17.5 Å². The van der Waals surface area contributed by atoms with E-state index < -0.39 is 11.8 Å². The zero-order valence-electron chi connectivity index (χ0n) is 9.06. The number of thioether (sulfide) groups is 1. The molecule has 0 aromatic carbocycles. The van der Waals surface area contributed by atoms with Crippen LogP contribution in [0.4, 0.5) is 0 Å². The van der Waals surface area contributed by atoms with Gasteiger partial charge < -0.3 is 16.0 Å². The summed E-state index contributed by atoms with van der Waals surface area (Å²) < 4.78 is 0. The van der Waals surface area contributed by atoms with Crippen LogP contribution in [0.15, 0.2) is 0 Å². The third kappa shape index (κ3) is 3.64. The molecule has 7 heteroatoms. The van der Waals surface area contributed by atoms with Crippen molar-refractivity contribution >= 4 is 40.8 Å². The molecule has 1 heterocycles. The van der Waals surface area contributed by atoms with Gasteiger partial charge >= 0.3 is 11.8 Å². The number of hydrogen-bond donors (Lipinski definition) is 2. The van der Waals surface area contributed by atoms with E-state index in [1.807, 2.05) is 0 Å². The summed E-state index contributed by atoms with van der Waals surface area (Å²) in [5, 5.41) is 2.38. The van der Waals surface area contributed by atoms with Crippen LogP contribution in [0.2, 0.25) is 0 Å². The highest BCUT2D eigenvalue weighted by atomic mass is 32.2. The molecule has 0 spiro atoms. The molecule has 1 aliphatic heterocycles. The number of amides is 2. The van der Waals surface area contributed by atoms with Gasteiger partial charge in [-0.1, -0.05) is 12.2 Å². The second kappa shape index (κ2) is 6.05. The highest BCUT2D eigenvalue weighted by Gasteiger charge is 2.27. The molecule has 0 radical (unpaired) electrons. The number of hydrogen-bond acceptors (Lipinski definition) is 4. The molecule has 0 aliphatic carbocycles. The fraction of sp³-hybridized carbons (Fsp3) is 0.667. The summed E-state index contributed by atoms with van der Waals surface area (Å²) in [4.78, 5) is 24.7. The second-order valence-corrected chi connectivity index (χ2v) is 5.26. The summed E-state index contributed by atoms with van der Waals surface area (Å²) in [5.74, 6) is 0.762. The maximum absolute atomic E-state index is 11.7. The van der Waals surface area contributed by atoms with Crippen molar-refractivity contribution in [2.75, 3.05) is 25.1 Å². The Morgan fingerprint density at radius 3 is 2.81 bits per heavy atom. The van der Waals surface area contributed by atoms with E-state index in [9.17, 15) is 9.59 Å². The SMILES string of the molecule is CN(C(=O)C(=O)NCC(N)=S)C1CCSC1. The highest BCUT2D eigenvalue weighted by molar-refractivity contribution is 7.99. The van der Waals surface area contributed by atoms with E-state index in [-0.39, 0.29) is 17.6 Å². The molecule has 1 fully saturated rings. The molecule has 1 unspecified atom stereocenters. The first kappa shape index (κ1) is 13.2. The van der Waals surface area contributed by atoms with Gasteiger partial charge in [0, 0.05) is 18.8 Å². The molecule has 0 saturated carbocycles. The molecule has 0 bridgehead atoms. The average Bonchev–Trinajstić information content (AvgIpc) is 2.77. The van der Waals surface area contributed by atoms with E-state index in [1.165, 1.54) is 4.90 Å². The zero-order chi connectivity index (χ0) is 12.1. The quantitative estimate of drug-likeness (QED) is 0.522. The van der Waals surface area contributed by atoms with Crippen molar-refractivity contribution in [3.63, 3.8) is 0 Å². The third-order valence-electron chi connectivity index (χ3n) is 2.39. The number of likely N-dealkylation sites (N-methyl/N-ethyl adjacent to an activating group) is 1. The number of nitrogens with one attached hydrogen (secondary N) is 1. The molecule has 1 saturated heterocycles. The van der Waals surface area contributed by atoms with Gasteiger partial charge in [-0.2, -0.15) is 11.8 Å². The number of carbonyl (C=O) groups is 2. The van der Waals surface area contributed by atoms with E-state index >= 15 is 0 Å². The predicted octanol–water partition coefficient (Wildman–Crippen LogP) is -0.647. The van der Waals surface area contributed by atoms with Crippen LogP contribution in [0, 0.1) is 0 Å². The van der Waals surface area contributed by atoms with Crippen molar-refractivity contribution in [2.24, 2.45) is 5.73 Å². The van der Waals surface area contributed by atoms with Crippen molar-refractivity contribution in [2.45, 2.75) is 12.5 Å². The van der Waals surface area contributed by atoms with E-state index in [4.69, 9.17) is 5.73 Å². The Bertz CT molecular complexity index is 303. The molecule has 1 atom stereocenters. The second-order valence-electron chi connectivity index (χ2n) is 3.58. The maximum atomic E-state index is 11.7. The van der Waals surface area contributed by atoms with Crippen molar-refractivity contribution in [1.29, 1.82) is 0 Å². The van der Waals surface area contributed by atoms with Gasteiger partial charge in [-0.05, 0) is 12.2 Å². The standard InChI is InChI=1S/C9H15N3O2S2/c1-12(6-2-3-16-5-6)9(14)8(13)11-4-7(10)15/h6H,2-5H2,1H3,(H2,10,15)(H,11,13). The van der Waals surface area contributed by atoms with Crippen LogP contribution in [0.25, 0.3) is 0 Å². The Morgan fingerprint density at radius 2 is 2.31 bits per heavy atom. The van der Waals surface area contributed by atoms with Crippen molar-refractivity contribution in [1.82, 2.24) is 10.2 Å². The maximum Gasteiger partial charge on any atom is 0.311 e. The Hall–Kier alpha value is -0.820. The molecule has 0 aromatic rings. The number of nitrogens with zero attached hydrogens (tertiary/aromatic N) is 1. The topological polar surface area (TPSA) is 75.4 Å². The lowest BCUT2D eigenvalue weighted by molar-refractivity contribution is -0.145. The van der Waals surface area contributed by atoms with Gasteiger partial charge in [0.25, 0.3) is 0 Å². The van der Waals surface area contributed by atoms with Gasteiger partial charge in [0.15, 0.2) is 0 Å². The fourth-order valence-corrected chi connectivity index (χ4v) is 2.74. The molecule has 90 valence electrons. The molecular formula is C9H15N3O2S2. The van der Waals surface area contributed by atoms with Crippen LogP contribution in [-0.2, 0) is 9.59 Å². The van der Waals surface area contributed by atoms with E-state index in [1.54, 1.807) is 18.8 Å². The predicted molar refractivity (Wildman–Crippen MR) is 68.3 cm³/mol. The molecule has 1 rings (SSSR count). The minimum Gasteiger partial charge on any atom is -0.392 e. The van der Waals surface area contributed by atoms with Gasteiger partial charge in [-0.3, -0.25) is 9.59 Å². The minimum atomic E-state index is -0.646. The van der Waals surface area contributed by atoms with Gasteiger partial charge in [0.05, 0.1) is 11.5 Å². The van der Waals surface area contributed by atoms with Crippen LogP contribution in [-0.4, -0.2) is 52.8 Å². The fourth-order valence-electron chi connectivity index (χ4n) is 1.40. The molecular weight excluding hydrogens is 246 g/mol. The number of carbonyl (C=O) groups excluding carboxylic acids is 2. The largest absolute Gasteiger partial charge is 0.392 e. The first-order valence-electron chi connectivity index (χ1n) is 4.93. The van der Waals surface area contributed by atoms with Crippen LogP contribution >= 0.6 is 24.0 Å². The highest BCUT2D eigenvalue weighted by Crippen LogP contribution is 2.21. The van der Waals surface area contributed by atoms with Crippen molar-refractivity contribution in [3.05, 3.63) is 0 Å². The van der Waals surface area contributed by atoms with Gasteiger partial charge in [-0.15, -0.1) is 0 Å². The van der Waals surface area contributed by atoms with Crippen LogP contribution < -0.4 is 11.1 Å². The normalized spacial score (nSPS) is 19.2. The Morgan fingerprint density at radius 1 is 1.62 bits per heavy atom. The summed E-state index contributed by atoms with van der Waals surface area (Å²) in [6.07, 6.45) is 0.940. The first-order chi connectivity index (χ1) is 7.52. The van der Waals surface area contributed by atoms with Gasteiger partial charge in [0.2, 0.25) is 0 Å². The van der Waals surface area contributed by atoms with E-state index in [0.717, 1.165) is 17.9 Å². The third-order valence-corrected chi connectivity index (χ3v) is 3.68. The first-order valence-corrected chi connectivity index (χ1v) is 6.49. The Labute approximate surface area is 104 Å². The summed E-state index contributed by atoms with van der Waals surface area (Å²) >= 11 is 6.40. The average molecular weight is 261 g/mol. The summed E-state index contributed by atoms with van der Waals surface area (Å²) in [6.45, 7) is 0.0627. The lowest BCUT2D eigenvalue weighted by atomic mass is 10.2. The van der Waals surface area contributed by atoms with E-state index in [0.29, 0.717) is 0 Å².